The Bertz CT molecular complexity index is 532. The van der Waals surface area contributed by atoms with Crippen LogP contribution in [0.3, 0.4) is 0 Å². The maximum Gasteiger partial charge on any atom is 0.310 e. The SMILES string of the molecule is CCNC(=NCC(C)C(=O)OC)N1CCN(C(C)C(=O)N2CCCC2)CC1.I. The minimum atomic E-state index is -0.261. The van der Waals surface area contributed by atoms with Crippen molar-refractivity contribution >= 4 is 41.8 Å². The summed E-state index contributed by atoms with van der Waals surface area (Å²) in [6, 6.07) is -0.0656. The molecule has 0 aliphatic carbocycles. The number of guanidine groups is 1. The van der Waals surface area contributed by atoms with E-state index in [2.05, 4.69) is 20.1 Å². The molecule has 0 radical (unpaired) electrons. The standard InChI is InChI=1S/C19H35N5O3.HI/c1-5-20-19(21-14-15(2)18(26)27-4)24-12-10-22(11-13-24)16(3)17(25)23-8-6-7-9-23;/h15-16H,5-14H2,1-4H3,(H,20,21);1H. The average molecular weight is 509 g/mol. The van der Waals surface area contributed by atoms with Crippen LogP contribution in [0.5, 0.6) is 0 Å². The molecule has 0 aromatic heterocycles. The van der Waals surface area contributed by atoms with Gasteiger partial charge in [0.15, 0.2) is 5.96 Å². The number of ether oxygens (including phenoxy) is 1. The zero-order chi connectivity index (χ0) is 19.8. The zero-order valence-corrected chi connectivity index (χ0v) is 20.0. The third-order valence-electron chi connectivity index (χ3n) is 5.39. The molecule has 0 aromatic rings. The maximum absolute atomic E-state index is 12.6. The van der Waals surface area contributed by atoms with Crippen LogP contribution in [0.1, 0.15) is 33.6 Å². The van der Waals surface area contributed by atoms with E-state index in [1.54, 1.807) is 0 Å². The first-order valence-corrected chi connectivity index (χ1v) is 10.1. The van der Waals surface area contributed by atoms with Crippen molar-refractivity contribution in [1.29, 1.82) is 0 Å². The van der Waals surface area contributed by atoms with Crippen LogP contribution in [0.4, 0.5) is 0 Å². The summed E-state index contributed by atoms with van der Waals surface area (Å²) in [6.07, 6.45) is 2.25. The lowest BCUT2D eigenvalue weighted by Gasteiger charge is -2.39. The predicted octanol–water partition coefficient (Wildman–Crippen LogP) is 1.01. The molecule has 2 aliphatic rings. The number of nitrogens with one attached hydrogen (secondary N) is 1. The lowest BCUT2D eigenvalue weighted by atomic mass is 10.2. The molecule has 2 unspecified atom stereocenters. The van der Waals surface area contributed by atoms with Gasteiger partial charge in [0.25, 0.3) is 0 Å². The maximum atomic E-state index is 12.6. The van der Waals surface area contributed by atoms with Gasteiger partial charge in [0, 0.05) is 45.8 Å². The van der Waals surface area contributed by atoms with Gasteiger partial charge in [0.1, 0.15) is 0 Å². The molecule has 0 spiro atoms. The van der Waals surface area contributed by atoms with Crippen molar-refractivity contribution in [3.63, 3.8) is 0 Å². The highest BCUT2D eigenvalue weighted by atomic mass is 127. The predicted molar refractivity (Wildman–Crippen MR) is 121 cm³/mol. The second-order valence-corrected chi connectivity index (χ2v) is 7.35. The Hall–Kier alpha value is -1.10. The molecule has 8 nitrogen and oxygen atoms in total. The highest BCUT2D eigenvalue weighted by Gasteiger charge is 2.30. The Morgan fingerprint density at radius 3 is 2.18 bits per heavy atom. The quantitative estimate of drug-likeness (QED) is 0.249. The summed E-state index contributed by atoms with van der Waals surface area (Å²) in [6.45, 7) is 12.1. The molecule has 0 aromatic carbocycles. The minimum absolute atomic E-state index is 0. The van der Waals surface area contributed by atoms with E-state index in [0.29, 0.717) is 6.54 Å². The molecule has 1 N–H and O–H groups in total. The number of rotatable bonds is 6. The molecule has 9 heteroatoms. The highest BCUT2D eigenvalue weighted by Crippen LogP contribution is 2.14. The van der Waals surface area contributed by atoms with E-state index in [4.69, 9.17) is 4.74 Å². The van der Waals surface area contributed by atoms with E-state index < -0.39 is 0 Å². The summed E-state index contributed by atoms with van der Waals surface area (Å²) in [4.78, 5) is 35.3. The van der Waals surface area contributed by atoms with E-state index >= 15 is 0 Å². The van der Waals surface area contributed by atoms with Gasteiger partial charge < -0.3 is 19.9 Å². The number of hydrogen-bond donors (Lipinski definition) is 1. The van der Waals surface area contributed by atoms with Crippen LogP contribution < -0.4 is 5.32 Å². The zero-order valence-electron chi connectivity index (χ0n) is 17.6. The molecule has 0 saturated carbocycles. The number of nitrogens with zero attached hydrogens (tertiary/aromatic N) is 4. The van der Waals surface area contributed by atoms with E-state index in [9.17, 15) is 9.59 Å². The summed E-state index contributed by atoms with van der Waals surface area (Å²) >= 11 is 0. The number of methoxy groups -OCH3 is 1. The van der Waals surface area contributed by atoms with Gasteiger partial charge >= 0.3 is 5.97 Å². The first-order valence-electron chi connectivity index (χ1n) is 10.1. The topological polar surface area (TPSA) is 77.5 Å². The van der Waals surface area contributed by atoms with Gasteiger partial charge in [-0.15, -0.1) is 24.0 Å². The number of amides is 1. The lowest BCUT2D eigenvalue weighted by Crippen LogP contribution is -2.57. The molecule has 2 aliphatic heterocycles. The number of piperazine rings is 1. The van der Waals surface area contributed by atoms with E-state index in [1.165, 1.54) is 7.11 Å². The first-order chi connectivity index (χ1) is 13.0. The molecule has 0 bridgehead atoms. The molecular formula is C19H36IN5O3. The van der Waals surface area contributed by atoms with Gasteiger partial charge in [0.2, 0.25) is 5.91 Å². The molecule has 2 heterocycles. The summed E-state index contributed by atoms with van der Waals surface area (Å²) in [5, 5.41) is 3.31. The number of carbonyl (C=O) groups is 2. The van der Waals surface area contributed by atoms with Crippen molar-refractivity contribution < 1.29 is 14.3 Å². The largest absolute Gasteiger partial charge is 0.469 e. The second kappa shape index (κ2) is 12.5. The molecule has 1 amide bonds. The number of carbonyl (C=O) groups excluding carboxylic acids is 2. The fraction of sp³-hybridized carbons (Fsp3) is 0.842. The number of halogens is 1. The molecule has 162 valence electrons. The van der Waals surface area contributed by atoms with Gasteiger partial charge in [-0.2, -0.15) is 0 Å². The van der Waals surface area contributed by atoms with Crippen LogP contribution in [-0.4, -0.2) is 98.0 Å². The summed E-state index contributed by atoms with van der Waals surface area (Å²) in [7, 11) is 1.40. The number of esters is 1. The fourth-order valence-electron chi connectivity index (χ4n) is 3.60. The van der Waals surface area contributed by atoms with Gasteiger partial charge in [-0.3, -0.25) is 19.5 Å². The van der Waals surface area contributed by atoms with Crippen LogP contribution >= 0.6 is 24.0 Å². The fourth-order valence-corrected chi connectivity index (χ4v) is 3.60. The van der Waals surface area contributed by atoms with Crippen molar-refractivity contribution in [2.45, 2.75) is 39.7 Å². The van der Waals surface area contributed by atoms with Gasteiger partial charge in [-0.05, 0) is 26.7 Å². The van der Waals surface area contributed by atoms with Crippen molar-refractivity contribution in [2.24, 2.45) is 10.9 Å². The van der Waals surface area contributed by atoms with Crippen LogP contribution in [0.15, 0.2) is 4.99 Å². The summed E-state index contributed by atoms with van der Waals surface area (Å²) < 4.78 is 4.77. The Morgan fingerprint density at radius 2 is 1.64 bits per heavy atom. The summed E-state index contributed by atoms with van der Waals surface area (Å²) in [5.41, 5.74) is 0. The van der Waals surface area contributed by atoms with E-state index in [0.717, 1.165) is 64.6 Å². The van der Waals surface area contributed by atoms with Gasteiger partial charge in [0.05, 0.1) is 25.6 Å². The number of hydrogen-bond acceptors (Lipinski definition) is 5. The summed E-state index contributed by atoms with van der Waals surface area (Å²) in [5.74, 6) is 0.580. The number of aliphatic imine (C=N–C) groups is 1. The van der Waals surface area contributed by atoms with Crippen molar-refractivity contribution in [1.82, 2.24) is 20.0 Å². The van der Waals surface area contributed by atoms with Gasteiger partial charge in [-0.1, -0.05) is 6.92 Å². The van der Waals surface area contributed by atoms with Crippen LogP contribution in [0, 0.1) is 5.92 Å². The first kappa shape index (κ1) is 24.9. The van der Waals surface area contributed by atoms with Gasteiger partial charge in [-0.25, -0.2) is 0 Å². The van der Waals surface area contributed by atoms with Crippen LogP contribution in [-0.2, 0) is 14.3 Å². The van der Waals surface area contributed by atoms with Crippen molar-refractivity contribution in [3.05, 3.63) is 0 Å². The smallest absolute Gasteiger partial charge is 0.310 e. The third-order valence-corrected chi connectivity index (χ3v) is 5.39. The Kier molecular flexibility index (Phi) is 11.1. The van der Waals surface area contributed by atoms with Crippen molar-refractivity contribution in [2.75, 3.05) is 59.5 Å². The molecule has 2 atom stereocenters. The van der Waals surface area contributed by atoms with Crippen molar-refractivity contribution in [3.8, 4) is 0 Å². The highest BCUT2D eigenvalue weighted by molar-refractivity contribution is 14.0. The van der Waals surface area contributed by atoms with E-state index in [1.807, 2.05) is 25.7 Å². The Balaban J connectivity index is 0.00000392. The molecule has 28 heavy (non-hydrogen) atoms. The van der Waals surface area contributed by atoms with E-state index in [-0.39, 0.29) is 47.8 Å². The third kappa shape index (κ3) is 6.75. The lowest BCUT2D eigenvalue weighted by molar-refractivity contribution is -0.144. The monoisotopic (exact) mass is 509 g/mol. The molecular weight excluding hydrogens is 473 g/mol. The number of likely N-dealkylation sites (tertiary alicyclic amines) is 1. The second-order valence-electron chi connectivity index (χ2n) is 7.35. The Labute approximate surface area is 186 Å². The minimum Gasteiger partial charge on any atom is -0.469 e. The van der Waals surface area contributed by atoms with Crippen LogP contribution in [0.2, 0.25) is 0 Å². The van der Waals surface area contributed by atoms with Crippen LogP contribution in [0.25, 0.3) is 0 Å². The molecule has 2 rings (SSSR count). The molecule has 2 saturated heterocycles. The normalized spacial score (nSPS) is 20.4. The molecule has 2 fully saturated rings. The Morgan fingerprint density at radius 1 is 1.04 bits per heavy atom. The average Bonchev–Trinajstić information content (AvgIpc) is 3.24.